The number of carbonyl (C=O) groups excluding carboxylic acids is 2. The molecule has 170 valence electrons. The molecule has 0 atom stereocenters. The quantitative estimate of drug-likeness (QED) is 0.400. The Morgan fingerprint density at radius 2 is 0.483 bits per heavy atom. The molecular formula is C23H42O6. The Hall–Kier alpha value is -1.46. The van der Waals surface area contributed by atoms with Gasteiger partial charge in [-0.2, -0.15) is 0 Å². The Balaban J connectivity index is 2.14. The molecule has 6 heteroatoms. The van der Waals surface area contributed by atoms with Gasteiger partial charge in [0.15, 0.2) is 0 Å². The summed E-state index contributed by atoms with van der Waals surface area (Å²) in [6, 6.07) is 0. The third-order valence-electron chi connectivity index (χ3n) is 5.21. The lowest BCUT2D eigenvalue weighted by atomic mass is 10.1. The van der Waals surface area contributed by atoms with Gasteiger partial charge in [-0.3, -0.25) is 0 Å². The van der Waals surface area contributed by atoms with Crippen LogP contribution in [0.2, 0.25) is 0 Å². The maximum Gasteiger partial charge on any atom is 0.508 e. The SMILES string of the molecule is O=C1OCCCCCCCCCCCCOC(=O)OCCCCCCCCCO1. The normalized spacial score (nSPS) is 22.2. The van der Waals surface area contributed by atoms with E-state index in [0.717, 1.165) is 70.6 Å². The Kier molecular flexibility index (Phi) is 17.5. The second-order valence-electron chi connectivity index (χ2n) is 7.90. The van der Waals surface area contributed by atoms with Crippen LogP contribution < -0.4 is 0 Å². The predicted octanol–water partition coefficient (Wildman–Crippen LogP) is 6.94. The molecule has 0 N–H and O–H groups in total. The van der Waals surface area contributed by atoms with Gasteiger partial charge in [0.25, 0.3) is 0 Å². The average Bonchev–Trinajstić information content (AvgIpc) is 2.71. The van der Waals surface area contributed by atoms with Crippen molar-refractivity contribution in [3.8, 4) is 0 Å². The van der Waals surface area contributed by atoms with Crippen molar-refractivity contribution < 1.29 is 28.5 Å². The molecule has 0 aromatic carbocycles. The molecule has 29 heavy (non-hydrogen) atoms. The van der Waals surface area contributed by atoms with Crippen molar-refractivity contribution in [3.63, 3.8) is 0 Å². The molecule has 0 amide bonds. The van der Waals surface area contributed by atoms with E-state index in [9.17, 15) is 9.59 Å². The molecule has 1 rings (SSSR count). The highest BCUT2D eigenvalue weighted by Gasteiger charge is 2.05. The van der Waals surface area contributed by atoms with E-state index in [-0.39, 0.29) is 0 Å². The van der Waals surface area contributed by atoms with Crippen molar-refractivity contribution >= 4 is 12.3 Å². The summed E-state index contributed by atoms with van der Waals surface area (Å²) >= 11 is 0. The third-order valence-corrected chi connectivity index (χ3v) is 5.21. The zero-order valence-electron chi connectivity index (χ0n) is 18.3. The van der Waals surface area contributed by atoms with Crippen LogP contribution in [0.1, 0.15) is 109 Å². The van der Waals surface area contributed by atoms with Crippen molar-refractivity contribution in [2.45, 2.75) is 109 Å². The van der Waals surface area contributed by atoms with Crippen molar-refractivity contribution in [2.75, 3.05) is 26.4 Å². The molecular weight excluding hydrogens is 372 g/mol. The summed E-state index contributed by atoms with van der Waals surface area (Å²) in [6.07, 6.45) is 17.6. The molecule has 1 heterocycles. The second-order valence-corrected chi connectivity index (χ2v) is 7.90. The molecule has 0 aromatic rings. The second kappa shape index (κ2) is 19.8. The smallest absolute Gasteiger partial charge is 0.434 e. The Labute approximate surface area is 177 Å². The van der Waals surface area contributed by atoms with E-state index in [1.165, 1.54) is 38.5 Å². The number of carbonyl (C=O) groups is 2. The summed E-state index contributed by atoms with van der Waals surface area (Å²) in [4.78, 5) is 23.0. The van der Waals surface area contributed by atoms with Gasteiger partial charge >= 0.3 is 12.3 Å². The standard InChI is InChI=1S/C23H42O6/c24-22-26-18-14-10-6-3-1-2-4-7-11-15-19-27-23(25)29-21-17-13-9-5-8-12-16-20-28-22/h1-21H2. The van der Waals surface area contributed by atoms with E-state index in [1.807, 2.05) is 0 Å². The van der Waals surface area contributed by atoms with Crippen LogP contribution in [0, 0.1) is 0 Å². The molecule has 6 nitrogen and oxygen atoms in total. The van der Waals surface area contributed by atoms with Gasteiger partial charge in [0.05, 0.1) is 26.4 Å². The van der Waals surface area contributed by atoms with Gasteiger partial charge < -0.3 is 18.9 Å². The monoisotopic (exact) mass is 414 g/mol. The van der Waals surface area contributed by atoms with Gasteiger partial charge in [0.1, 0.15) is 0 Å². The lowest BCUT2D eigenvalue weighted by Crippen LogP contribution is -2.09. The van der Waals surface area contributed by atoms with E-state index in [2.05, 4.69) is 0 Å². The minimum Gasteiger partial charge on any atom is -0.434 e. The van der Waals surface area contributed by atoms with Crippen LogP contribution in [0.4, 0.5) is 9.59 Å². The molecule has 0 saturated carbocycles. The lowest BCUT2D eigenvalue weighted by molar-refractivity contribution is 0.0522. The van der Waals surface area contributed by atoms with E-state index in [0.29, 0.717) is 26.4 Å². The first-order valence-corrected chi connectivity index (χ1v) is 11.9. The third kappa shape index (κ3) is 18.3. The largest absolute Gasteiger partial charge is 0.508 e. The van der Waals surface area contributed by atoms with E-state index in [4.69, 9.17) is 18.9 Å². The summed E-state index contributed by atoms with van der Waals surface area (Å²) in [5.74, 6) is 0. The summed E-state index contributed by atoms with van der Waals surface area (Å²) in [5, 5.41) is 0. The molecule has 0 bridgehead atoms. The topological polar surface area (TPSA) is 71.1 Å². The fourth-order valence-corrected chi connectivity index (χ4v) is 3.41. The molecule has 0 unspecified atom stereocenters. The molecule has 1 fully saturated rings. The maximum atomic E-state index is 11.5. The minimum absolute atomic E-state index is 0.439. The van der Waals surface area contributed by atoms with Gasteiger partial charge in [0, 0.05) is 0 Å². The van der Waals surface area contributed by atoms with Crippen LogP contribution in [0.15, 0.2) is 0 Å². The first-order valence-electron chi connectivity index (χ1n) is 11.9. The first-order chi connectivity index (χ1) is 14.3. The molecule has 0 aliphatic carbocycles. The van der Waals surface area contributed by atoms with Gasteiger partial charge in [-0.1, -0.05) is 83.5 Å². The van der Waals surface area contributed by atoms with Gasteiger partial charge in [0.2, 0.25) is 0 Å². The van der Waals surface area contributed by atoms with Gasteiger partial charge in [-0.15, -0.1) is 0 Å². The van der Waals surface area contributed by atoms with Crippen molar-refractivity contribution in [1.29, 1.82) is 0 Å². The van der Waals surface area contributed by atoms with Crippen molar-refractivity contribution in [2.24, 2.45) is 0 Å². The molecule has 1 aliphatic rings. The average molecular weight is 415 g/mol. The van der Waals surface area contributed by atoms with Crippen LogP contribution in [0.3, 0.4) is 0 Å². The van der Waals surface area contributed by atoms with Crippen molar-refractivity contribution in [3.05, 3.63) is 0 Å². The fourth-order valence-electron chi connectivity index (χ4n) is 3.41. The van der Waals surface area contributed by atoms with E-state index >= 15 is 0 Å². The molecule has 0 radical (unpaired) electrons. The zero-order valence-corrected chi connectivity index (χ0v) is 18.3. The molecule has 0 aromatic heterocycles. The van der Waals surface area contributed by atoms with Gasteiger partial charge in [-0.05, 0) is 25.7 Å². The van der Waals surface area contributed by atoms with Crippen LogP contribution in [-0.2, 0) is 18.9 Å². The predicted molar refractivity (Wildman–Crippen MR) is 113 cm³/mol. The van der Waals surface area contributed by atoms with E-state index in [1.54, 1.807) is 0 Å². The van der Waals surface area contributed by atoms with E-state index < -0.39 is 12.3 Å². The summed E-state index contributed by atoms with van der Waals surface area (Å²) in [5.41, 5.74) is 0. The summed E-state index contributed by atoms with van der Waals surface area (Å²) in [6.45, 7) is 1.81. The number of rotatable bonds is 0. The molecule has 1 aliphatic heterocycles. The Morgan fingerprint density at radius 3 is 0.690 bits per heavy atom. The van der Waals surface area contributed by atoms with Crippen LogP contribution in [0.5, 0.6) is 0 Å². The highest BCUT2D eigenvalue weighted by atomic mass is 16.7. The maximum absolute atomic E-state index is 11.5. The first kappa shape index (κ1) is 25.6. The van der Waals surface area contributed by atoms with Crippen molar-refractivity contribution in [1.82, 2.24) is 0 Å². The molecule has 0 spiro atoms. The summed E-state index contributed by atoms with van der Waals surface area (Å²) < 4.78 is 20.4. The van der Waals surface area contributed by atoms with Crippen LogP contribution in [0.25, 0.3) is 0 Å². The zero-order chi connectivity index (χ0) is 20.8. The van der Waals surface area contributed by atoms with Crippen LogP contribution >= 0.6 is 0 Å². The number of hydrogen-bond acceptors (Lipinski definition) is 6. The number of hydrogen-bond donors (Lipinski definition) is 0. The van der Waals surface area contributed by atoms with Crippen LogP contribution in [-0.4, -0.2) is 38.7 Å². The fraction of sp³-hybridized carbons (Fsp3) is 0.913. The highest BCUT2D eigenvalue weighted by Crippen LogP contribution is 2.11. The lowest BCUT2D eigenvalue weighted by Gasteiger charge is -2.07. The summed E-state index contributed by atoms with van der Waals surface area (Å²) in [7, 11) is 0. The highest BCUT2D eigenvalue weighted by molar-refractivity contribution is 5.60. The number of cyclic esters (lactones) is 4. The Morgan fingerprint density at radius 1 is 0.310 bits per heavy atom. The Bertz CT molecular complexity index is 363. The minimum atomic E-state index is -0.527. The van der Waals surface area contributed by atoms with Gasteiger partial charge in [-0.25, -0.2) is 9.59 Å². The number of ether oxygens (including phenoxy) is 4. The molecule has 1 saturated heterocycles.